The predicted octanol–water partition coefficient (Wildman–Crippen LogP) is 9.62. The number of hydrogen-bond donors (Lipinski definition) is 3. The van der Waals surface area contributed by atoms with Gasteiger partial charge >= 0.3 is 69.5 Å². The summed E-state index contributed by atoms with van der Waals surface area (Å²) in [6.45, 7) is 12.9. The van der Waals surface area contributed by atoms with E-state index in [1.807, 2.05) is 67.8 Å². The average molecular weight is 1310 g/mol. The van der Waals surface area contributed by atoms with Crippen molar-refractivity contribution >= 4 is 35.6 Å². The second-order valence-corrected chi connectivity index (χ2v) is 19.4. The molecule has 0 bridgehead atoms. The van der Waals surface area contributed by atoms with Crippen molar-refractivity contribution in [2.24, 2.45) is 17.4 Å². The summed E-state index contributed by atoms with van der Waals surface area (Å²) in [5.74, 6) is -1.21. The number of nitrogens with zero attached hydrogens (tertiary/aromatic N) is 5. The average Bonchev–Trinajstić information content (AvgIpc) is 3.44. The first-order chi connectivity index (χ1) is 44.1. The molecule has 6 heterocycles. The monoisotopic (exact) mass is 1310 g/mol. The Kier molecular flexibility index (Phi) is 67.5. The van der Waals surface area contributed by atoms with E-state index in [4.69, 9.17) is 50.3 Å². The molecular formula is C72H102KN7O13. The van der Waals surface area contributed by atoms with Crippen LogP contribution in [-0.4, -0.2) is 105 Å². The fraction of sp³-hybridized carbons (Fsp3) is 0.431. The quantitative estimate of drug-likeness (QED) is 0.0181. The number of methoxy groups -OCH3 is 1. The predicted molar refractivity (Wildman–Crippen MR) is 358 cm³/mol. The molecule has 5 aromatic rings. The number of carbonyl (C=O) groups excluding carboxylic acids is 7. The van der Waals surface area contributed by atoms with Gasteiger partial charge in [0.15, 0.2) is 17.9 Å². The first-order valence-electron chi connectivity index (χ1n) is 30.7. The molecule has 1 aliphatic heterocycles. The molecule has 504 valence electrons. The second-order valence-electron chi connectivity index (χ2n) is 19.4. The summed E-state index contributed by atoms with van der Waals surface area (Å²) in [6.07, 6.45) is 50.8. The van der Waals surface area contributed by atoms with Crippen LogP contribution >= 0.6 is 0 Å². The molecule has 1 fully saturated rings. The van der Waals surface area contributed by atoms with Gasteiger partial charge in [-0.25, -0.2) is 4.79 Å². The van der Waals surface area contributed by atoms with Crippen molar-refractivity contribution in [1.82, 2.24) is 24.9 Å². The van der Waals surface area contributed by atoms with Gasteiger partial charge in [0.2, 0.25) is 0 Å². The van der Waals surface area contributed by atoms with E-state index in [2.05, 4.69) is 80.8 Å². The standard InChI is InChI=1S/C13H17NO.C12H18N2.C12H15NO.C12H20O4.C11H16N2O.C8H9NO2.C2H4O2.CO2.CH4.K/c1-3-4-5-7-11(2)13(15)12-8-6-9-14-10-12;1-2-3-4-5-8-12(13)11-7-6-9-14-10-11;1-2-3-4-5-8-12(14)11-7-6-9-13-10-11;1-14-11(13)7-3-2-5-9-15-12-8-4-6-10-16-12;12-11(6-2-1-3-8-14)10-5-4-7-13-9-10;1-2-11-8(10)7-4-3-5-9-6-7;1-2(3)4;2-1-3;;/h4-6,8-11H,3,7H2,1-2H3;3-4,6-7,9-10,12H,2,5,8,13H2,1H3;3-4,6-7,9-10H,2,5,8H2,1H3;2,5,12H,3-4,6-10H2,1H3;1,3-5,7,9,11,14H,2,6,8,12H2;3-6H,2H2,1H3;1H3,(H,3,4);;1H4;/q;;;;;;;;;+1/p-1/b5-4-;2*4-3-;5-2-;3-1-;;;;;. The smallest absolute Gasteiger partial charge is 0.550 e. The molecule has 20 nitrogen and oxygen atoms in total. The number of ether oxygens (including phenoxy) is 4. The molecule has 1 aliphatic rings. The van der Waals surface area contributed by atoms with Crippen LogP contribution in [-0.2, 0) is 38.1 Å². The summed E-state index contributed by atoms with van der Waals surface area (Å²) in [4.78, 5) is 90.0. The van der Waals surface area contributed by atoms with E-state index in [1.165, 1.54) is 19.7 Å². The number of Topliss-reactive ketones (excluding diaryl/α,β-unsaturated/α-hetero) is 2. The summed E-state index contributed by atoms with van der Waals surface area (Å²) < 4.78 is 20.2. The molecule has 0 aromatic carbocycles. The van der Waals surface area contributed by atoms with Gasteiger partial charge in [-0.2, -0.15) is 9.59 Å². The van der Waals surface area contributed by atoms with Crippen LogP contribution in [0.4, 0.5) is 0 Å². The molecule has 0 amide bonds. The largest absolute Gasteiger partial charge is 1.00 e. The number of nitrogens with two attached hydrogens (primary N) is 2. The number of carbonyl (C=O) groups is 5. The van der Waals surface area contributed by atoms with Crippen LogP contribution in [0.25, 0.3) is 0 Å². The third-order valence-corrected chi connectivity index (χ3v) is 12.0. The number of aromatic nitrogens is 5. The Hall–Kier alpha value is -6.98. The third-order valence-electron chi connectivity index (χ3n) is 12.0. The minimum atomic E-state index is -1.08. The number of allylic oxidation sites excluding steroid dienone is 8. The molecule has 5 N–H and O–H groups in total. The molecule has 0 spiro atoms. The Morgan fingerprint density at radius 1 is 0.645 bits per heavy atom. The van der Waals surface area contributed by atoms with Gasteiger partial charge in [0.05, 0.1) is 32.5 Å². The number of hydrogen-bond acceptors (Lipinski definition) is 20. The Morgan fingerprint density at radius 3 is 1.52 bits per heavy atom. The number of aliphatic hydroxyl groups excluding tert-OH is 1. The van der Waals surface area contributed by atoms with E-state index in [-0.39, 0.29) is 119 Å². The molecule has 0 radical (unpaired) electrons. The van der Waals surface area contributed by atoms with Crippen molar-refractivity contribution in [3.63, 3.8) is 0 Å². The van der Waals surface area contributed by atoms with E-state index in [9.17, 15) is 19.2 Å². The van der Waals surface area contributed by atoms with E-state index in [0.29, 0.717) is 49.2 Å². The van der Waals surface area contributed by atoms with Gasteiger partial charge in [-0.05, 0) is 157 Å². The van der Waals surface area contributed by atoms with Crippen LogP contribution in [0.15, 0.2) is 183 Å². The summed E-state index contributed by atoms with van der Waals surface area (Å²) in [5.41, 5.74) is 16.0. The first kappa shape index (κ1) is 92.4. The molecule has 4 unspecified atom stereocenters. The molecule has 93 heavy (non-hydrogen) atoms. The van der Waals surface area contributed by atoms with Gasteiger partial charge in [0.1, 0.15) is 0 Å². The fourth-order valence-corrected chi connectivity index (χ4v) is 7.28. The van der Waals surface area contributed by atoms with Gasteiger partial charge < -0.3 is 45.4 Å². The van der Waals surface area contributed by atoms with Gasteiger partial charge in [0.25, 0.3) is 0 Å². The molecular weight excluding hydrogens is 1210 g/mol. The maximum atomic E-state index is 11.9. The maximum absolute atomic E-state index is 11.9. The van der Waals surface area contributed by atoms with Crippen LogP contribution in [0.5, 0.6) is 0 Å². The normalized spacial score (nSPS) is 12.8. The topological polar surface area (TPSA) is 316 Å². The number of aliphatic carboxylic acids is 1. The van der Waals surface area contributed by atoms with Crippen molar-refractivity contribution in [1.29, 1.82) is 0 Å². The summed E-state index contributed by atoms with van der Waals surface area (Å²) >= 11 is 0. The Labute approximate surface area is 595 Å². The Balaban J connectivity index is -0.000000499. The van der Waals surface area contributed by atoms with Crippen molar-refractivity contribution in [3.05, 3.63) is 211 Å². The number of ketones is 2. The van der Waals surface area contributed by atoms with Crippen molar-refractivity contribution in [3.8, 4) is 0 Å². The van der Waals surface area contributed by atoms with E-state index < -0.39 is 5.97 Å². The van der Waals surface area contributed by atoms with Crippen LogP contribution in [0, 0.1) is 5.92 Å². The molecule has 1 saturated heterocycles. The van der Waals surface area contributed by atoms with Crippen molar-refractivity contribution in [2.45, 2.75) is 164 Å². The van der Waals surface area contributed by atoms with Crippen LogP contribution in [0.3, 0.4) is 0 Å². The maximum Gasteiger partial charge on any atom is 1.00 e. The number of carboxylic acids is 1. The molecule has 0 saturated carbocycles. The van der Waals surface area contributed by atoms with Crippen molar-refractivity contribution in [2.75, 3.05) is 33.5 Å². The second kappa shape index (κ2) is 67.9. The molecule has 0 aliphatic carbocycles. The van der Waals surface area contributed by atoms with E-state index >= 15 is 0 Å². The Bertz CT molecular complexity index is 2710. The number of aliphatic hydroxyl groups is 1. The van der Waals surface area contributed by atoms with E-state index in [1.54, 1.807) is 92.9 Å². The van der Waals surface area contributed by atoms with Crippen LogP contribution in [0.1, 0.15) is 200 Å². The first-order valence-corrected chi connectivity index (χ1v) is 30.7. The van der Waals surface area contributed by atoms with Gasteiger partial charge in [-0.1, -0.05) is 108 Å². The van der Waals surface area contributed by atoms with Crippen molar-refractivity contribution < 1.29 is 114 Å². The minimum Gasteiger partial charge on any atom is -0.550 e. The fourth-order valence-electron chi connectivity index (χ4n) is 7.28. The zero-order valence-corrected chi connectivity index (χ0v) is 58.4. The number of rotatable bonds is 28. The zero-order chi connectivity index (χ0) is 67.8. The molecule has 6 rings (SSSR count). The summed E-state index contributed by atoms with van der Waals surface area (Å²) in [6, 6.07) is 18.5. The number of esters is 2. The van der Waals surface area contributed by atoms with Gasteiger partial charge in [0, 0.05) is 117 Å². The Morgan fingerprint density at radius 2 is 1.09 bits per heavy atom. The van der Waals surface area contributed by atoms with Gasteiger partial charge in [-0.15, -0.1) is 0 Å². The summed E-state index contributed by atoms with van der Waals surface area (Å²) in [5, 5.41) is 17.4. The molecule has 4 atom stereocenters. The zero-order valence-electron chi connectivity index (χ0n) is 55.3. The third kappa shape index (κ3) is 56.3. The number of carboxylic acid groups (broad SMARTS) is 1. The summed E-state index contributed by atoms with van der Waals surface area (Å²) in [7, 11) is 1.40. The molecule has 5 aromatic heterocycles. The number of pyridine rings is 5. The SMILES string of the molecule is C.CC(=O)[O-].CC/C=C\CC(C)C(=O)c1cccnc1.CC/C=C\CCC(=O)c1cccnc1.CC/C=C\CCC(N)c1cccnc1.CCOC(=O)c1cccnc1.COC(=O)CC/C=C\COC1CCCCO1.NC(CC/C=C\CO)c1cccnc1.O=C=O.[K+]. The van der Waals surface area contributed by atoms with E-state index in [0.717, 1.165) is 95.3 Å². The van der Waals surface area contributed by atoms with Gasteiger partial charge in [-0.3, -0.25) is 39.3 Å². The molecule has 21 heteroatoms. The minimum absolute atomic E-state index is 0. The van der Waals surface area contributed by atoms with Crippen LogP contribution in [0.2, 0.25) is 0 Å². The van der Waals surface area contributed by atoms with Crippen LogP contribution < -0.4 is 68.0 Å².